The van der Waals surface area contributed by atoms with Gasteiger partial charge >= 0.3 is 0 Å². The van der Waals surface area contributed by atoms with Crippen molar-refractivity contribution in [3.8, 4) is 0 Å². The predicted molar refractivity (Wildman–Crippen MR) is 118 cm³/mol. The predicted octanol–water partition coefficient (Wildman–Crippen LogP) is 3.56. The van der Waals surface area contributed by atoms with Crippen LogP contribution in [0, 0.1) is 0 Å². The first-order valence-corrected chi connectivity index (χ1v) is 10.4. The molecule has 2 aromatic carbocycles. The normalized spacial score (nSPS) is 25.1. The van der Waals surface area contributed by atoms with Crippen LogP contribution in [0.5, 0.6) is 0 Å². The Morgan fingerprint density at radius 2 is 1.07 bits per heavy atom. The van der Waals surface area contributed by atoms with Crippen LogP contribution < -0.4 is 0 Å². The van der Waals surface area contributed by atoms with Crippen molar-refractivity contribution in [1.29, 1.82) is 0 Å². The summed E-state index contributed by atoms with van der Waals surface area (Å²) in [5.74, 6) is 0. The third kappa shape index (κ3) is 5.42. The molecule has 0 amide bonds. The van der Waals surface area contributed by atoms with Crippen molar-refractivity contribution in [2.75, 3.05) is 61.0 Å². The number of hydrogen-bond acceptors (Lipinski definition) is 4. The molecule has 2 atom stereocenters. The number of rotatable bonds is 2. The van der Waals surface area contributed by atoms with Crippen LogP contribution in [-0.2, 0) is 0 Å². The standard InChI is InChI=1S/C24H36N4/c1-25-16-11-17-26(2)20-28(4)24(22-14-9-6-10-15-22)23(27(3)19-18-25)21-12-7-5-8-13-21/h5-10,12-15,23-24H,11,16-20H2,1-4H3/t23-,24-/m1/s1. The van der Waals surface area contributed by atoms with Crippen molar-refractivity contribution in [2.45, 2.75) is 18.5 Å². The van der Waals surface area contributed by atoms with E-state index in [1.807, 2.05) is 0 Å². The molecule has 28 heavy (non-hydrogen) atoms. The van der Waals surface area contributed by atoms with Crippen LogP contribution in [0.2, 0.25) is 0 Å². The van der Waals surface area contributed by atoms with E-state index in [2.05, 4.69) is 108 Å². The molecule has 4 nitrogen and oxygen atoms in total. The fraction of sp³-hybridized carbons (Fsp3) is 0.500. The van der Waals surface area contributed by atoms with Crippen molar-refractivity contribution >= 4 is 0 Å². The minimum atomic E-state index is 0.292. The maximum absolute atomic E-state index is 2.54. The van der Waals surface area contributed by atoms with Crippen LogP contribution in [-0.4, -0.2) is 80.6 Å². The molecule has 152 valence electrons. The fourth-order valence-electron chi connectivity index (χ4n) is 4.39. The Kier molecular flexibility index (Phi) is 7.63. The van der Waals surface area contributed by atoms with Crippen LogP contribution in [0.1, 0.15) is 29.6 Å². The summed E-state index contributed by atoms with van der Waals surface area (Å²) in [7, 11) is 9.05. The van der Waals surface area contributed by atoms with Gasteiger partial charge in [0.2, 0.25) is 0 Å². The highest BCUT2D eigenvalue weighted by Crippen LogP contribution is 2.37. The van der Waals surface area contributed by atoms with Gasteiger partial charge in [-0.3, -0.25) is 14.7 Å². The molecular weight excluding hydrogens is 344 g/mol. The third-order valence-corrected chi connectivity index (χ3v) is 5.91. The Hall–Kier alpha value is -1.72. The van der Waals surface area contributed by atoms with Crippen molar-refractivity contribution in [2.24, 2.45) is 0 Å². The van der Waals surface area contributed by atoms with Crippen molar-refractivity contribution in [3.05, 3.63) is 71.8 Å². The maximum atomic E-state index is 2.54. The second-order valence-corrected chi connectivity index (χ2v) is 8.33. The lowest BCUT2D eigenvalue weighted by atomic mass is 9.91. The minimum absolute atomic E-state index is 0.292. The summed E-state index contributed by atoms with van der Waals surface area (Å²) in [5, 5.41) is 0. The molecule has 1 aliphatic rings. The van der Waals surface area contributed by atoms with Gasteiger partial charge in [-0.25, -0.2) is 0 Å². The van der Waals surface area contributed by atoms with Gasteiger partial charge in [0.1, 0.15) is 0 Å². The molecule has 4 heteroatoms. The van der Waals surface area contributed by atoms with E-state index in [1.165, 1.54) is 17.5 Å². The van der Waals surface area contributed by atoms with Gasteiger partial charge in [-0.05, 0) is 52.3 Å². The molecule has 0 aromatic heterocycles. The van der Waals surface area contributed by atoms with Gasteiger partial charge in [0, 0.05) is 19.6 Å². The summed E-state index contributed by atoms with van der Waals surface area (Å²) in [6, 6.07) is 22.6. The van der Waals surface area contributed by atoms with E-state index in [4.69, 9.17) is 0 Å². The van der Waals surface area contributed by atoms with Crippen LogP contribution in [0.3, 0.4) is 0 Å². The van der Waals surface area contributed by atoms with Gasteiger partial charge < -0.3 is 4.90 Å². The van der Waals surface area contributed by atoms with E-state index in [1.54, 1.807) is 0 Å². The summed E-state index contributed by atoms with van der Waals surface area (Å²) in [4.78, 5) is 9.99. The molecule has 1 heterocycles. The van der Waals surface area contributed by atoms with E-state index in [-0.39, 0.29) is 0 Å². The number of likely N-dealkylation sites (N-methyl/N-ethyl adjacent to an activating group) is 3. The molecule has 2 aromatic rings. The van der Waals surface area contributed by atoms with Gasteiger partial charge in [0.25, 0.3) is 0 Å². The fourth-order valence-corrected chi connectivity index (χ4v) is 4.39. The van der Waals surface area contributed by atoms with E-state index in [0.29, 0.717) is 12.1 Å². The zero-order valence-electron chi connectivity index (χ0n) is 18.0. The Labute approximate surface area is 171 Å². The molecule has 0 N–H and O–H groups in total. The lowest BCUT2D eigenvalue weighted by Gasteiger charge is -2.42. The molecule has 0 saturated carbocycles. The third-order valence-electron chi connectivity index (χ3n) is 5.91. The molecule has 0 radical (unpaired) electrons. The van der Waals surface area contributed by atoms with Crippen molar-refractivity contribution < 1.29 is 0 Å². The smallest absolute Gasteiger partial charge is 0.0554 e. The van der Waals surface area contributed by atoms with Crippen LogP contribution >= 0.6 is 0 Å². The minimum Gasteiger partial charge on any atom is -0.305 e. The quantitative estimate of drug-likeness (QED) is 0.790. The molecular formula is C24H36N4. The second kappa shape index (κ2) is 10.2. The summed E-state index contributed by atoms with van der Waals surface area (Å²) < 4.78 is 0. The highest BCUT2D eigenvalue weighted by Gasteiger charge is 2.32. The van der Waals surface area contributed by atoms with Gasteiger partial charge in [0.15, 0.2) is 0 Å². The van der Waals surface area contributed by atoms with Gasteiger partial charge in [-0.1, -0.05) is 60.7 Å². The van der Waals surface area contributed by atoms with Crippen LogP contribution in [0.4, 0.5) is 0 Å². The Morgan fingerprint density at radius 3 is 1.64 bits per heavy atom. The average molecular weight is 381 g/mol. The molecule has 0 aliphatic carbocycles. The summed E-state index contributed by atoms with van der Waals surface area (Å²) >= 11 is 0. The number of benzene rings is 2. The Bertz CT molecular complexity index is 690. The Morgan fingerprint density at radius 1 is 0.571 bits per heavy atom. The van der Waals surface area contributed by atoms with Crippen LogP contribution in [0.25, 0.3) is 0 Å². The van der Waals surface area contributed by atoms with Crippen LogP contribution in [0.15, 0.2) is 60.7 Å². The van der Waals surface area contributed by atoms with Gasteiger partial charge in [-0.15, -0.1) is 0 Å². The monoisotopic (exact) mass is 380 g/mol. The van der Waals surface area contributed by atoms with Gasteiger partial charge in [-0.2, -0.15) is 0 Å². The highest BCUT2D eigenvalue weighted by atomic mass is 15.3. The van der Waals surface area contributed by atoms with Crippen molar-refractivity contribution in [3.63, 3.8) is 0 Å². The molecule has 1 aliphatic heterocycles. The topological polar surface area (TPSA) is 13.0 Å². The molecule has 1 fully saturated rings. The first-order chi connectivity index (χ1) is 13.6. The van der Waals surface area contributed by atoms with E-state index in [9.17, 15) is 0 Å². The van der Waals surface area contributed by atoms with E-state index < -0.39 is 0 Å². The zero-order chi connectivity index (χ0) is 19.9. The SMILES string of the molecule is CN1CCCN(C)CN(C)[C@H](c2ccccc2)[C@@H](c2ccccc2)N(C)CC1. The average Bonchev–Trinajstić information content (AvgIpc) is 2.70. The van der Waals surface area contributed by atoms with E-state index in [0.717, 1.165) is 32.8 Å². The maximum Gasteiger partial charge on any atom is 0.0554 e. The molecule has 0 bridgehead atoms. The molecule has 0 unspecified atom stereocenters. The first-order valence-electron chi connectivity index (χ1n) is 10.4. The second-order valence-electron chi connectivity index (χ2n) is 8.33. The Balaban J connectivity index is 2.02. The first kappa shape index (κ1) is 21.0. The highest BCUT2D eigenvalue weighted by molar-refractivity contribution is 5.28. The lowest BCUT2D eigenvalue weighted by Crippen LogP contribution is -2.45. The summed E-state index contributed by atoms with van der Waals surface area (Å²) in [5.41, 5.74) is 2.76. The number of nitrogens with zero attached hydrogens (tertiary/aromatic N) is 4. The molecule has 3 rings (SSSR count). The zero-order valence-corrected chi connectivity index (χ0v) is 18.0. The summed E-state index contributed by atoms with van der Waals surface area (Å²) in [6.45, 7) is 5.39. The number of hydrogen-bond donors (Lipinski definition) is 0. The largest absolute Gasteiger partial charge is 0.305 e. The molecule has 0 spiro atoms. The van der Waals surface area contributed by atoms with Crippen molar-refractivity contribution in [1.82, 2.24) is 19.6 Å². The summed E-state index contributed by atoms with van der Waals surface area (Å²) in [6.07, 6.45) is 1.21. The van der Waals surface area contributed by atoms with E-state index >= 15 is 0 Å². The van der Waals surface area contributed by atoms with Gasteiger partial charge in [0.05, 0.1) is 18.8 Å². The molecule has 1 saturated heterocycles. The lowest BCUT2D eigenvalue weighted by molar-refractivity contribution is 0.0602.